The van der Waals surface area contributed by atoms with Crippen molar-refractivity contribution >= 4 is 41.4 Å². The van der Waals surface area contributed by atoms with Crippen LogP contribution in [0.2, 0.25) is 0 Å². The van der Waals surface area contributed by atoms with Gasteiger partial charge in [-0.1, -0.05) is 18.2 Å². The van der Waals surface area contributed by atoms with E-state index >= 15 is 0 Å². The van der Waals surface area contributed by atoms with Gasteiger partial charge in [0.05, 0.1) is 37.0 Å². The van der Waals surface area contributed by atoms with Crippen LogP contribution < -0.4 is 25.1 Å². The summed E-state index contributed by atoms with van der Waals surface area (Å²) in [5.41, 5.74) is 4.35. The van der Waals surface area contributed by atoms with E-state index in [0.717, 1.165) is 5.69 Å². The fourth-order valence-electron chi connectivity index (χ4n) is 3.92. The maximum atomic E-state index is 12.5. The van der Waals surface area contributed by atoms with Crippen LogP contribution in [0.1, 0.15) is 15.9 Å². The van der Waals surface area contributed by atoms with Crippen LogP contribution >= 0.6 is 0 Å². The predicted molar refractivity (Wildman–Crippen MR) is 155 cm³/mol. The van der Waals surface area contributed by atoms with E-state index in [4.69, 9.17) is 14.2 Å². The first kappa shape index (κ1) is 27.9. The molecular weight excluding hydrogens is 544 g/mol. The van der Waals surface area contributed by atoms with Crippen molar-refractivity contribution in [3.8, 4) is 11.5 Å². The summed E-state index contributed by atoms with van der Waals surface area (Å²) in [5, 5.41) is 18.3. The highest BCUT2D eigenvalue weighted by Gasteiger charge is 2.17. The third-order valence-electron chi connectivity index (χ3n) is 6.03. The van der Waals surface area contributed by atoms with Gasteiger partial charge in [0.2, 0.25) is 17.8 Å². The number of aromatic nitrogens is 3. The minimum absolute atomic E-state index is 0.125. The second-order valence-electron chi connectivity index (χ2n) is 8.85. The zero-order chi connectivity index (χ0) is 29.3. The van der Waals surface area contributed by atoms with Gasteiger partial charge in [0.1, 0.15) is 0 Å². The topological polar surface area (TPSA) is 166 Å². The Morgan fingerprint density at radius 2 is 1.74 bits per heavy atom. The lowest BCUT2D eigenvalue weighted by Crippen LogP contribution is -2.37. The minimum atomic E-state index is -0.683. The van der Waals surface area contributed by atoms with Crippen LogP contribution in [0.3, 0.4) is 0 Å². The summed E-state index contributed by atoms with van der Waals surface area (Å²) in [6.07, 6.45) is 1.53. The van der Waals surface area contributed by atoms with Gasteiger partial charge in [0.15, 0.2) is 11.5 Å². The molecule has 1 aliphatic heterocycles. The van der Waals surface area contributed by atoms with E-state index in [1.165, 1.54) is 37.6 Å². The Morgan fingerprint density at radius 3 is 2.45 bits per heavy atom. The van der Waals surface area contributed by atoms with Crippen LogP contribution in [0.5, 0.6) is 11.5 Å². The normalized spacial score (nSPS) is 13.0. The van der Waals surface area contributed by atoms with Crippen LogP contribution in [-0.4, -0.2) is 65.5 Å². The molecule has 3 aromatic carbocycles. The van der Waals surface area contributed by atoms with Crippen LogP contribution in [0, 0.1) is 10.1 Å². The molecule has 0 saturated carbocycles. The maximum Gasteiger partial charge on any atom is 0.343 e. The number of para-hydroxylation sites is 1. The highest BCUT2D eigenvalue weighted by Crippen LogP contribution is 2.29. The van der Waals surface area contributed by atoms with Gasteiger partial charge in [-0.2, -0.15) is 20.1 Å². The predicted octanol–water partition coefficient (Wildman–Crippen LogP) is 4.03. The molecule has 1 aliphatic rings. The molecule has 1 fully saturated rings. The number of nitro groups is 1. The number of carbonyl (C=O) groups is 1. The third-order valence-corrected chi connectivity index (χ3v) is 6.03. The summed E-state index contributed by atoms with van der Waals surface area (Å²) in [5.74, 6) is 0.869. The number of rotatable bonds is 10. The van der Waals surface area contributed by atoms with E-state index in [2.05, 4.69) is 30.8 Å². The number of anilines is 4. The molecule has 0 spiro atoms. The molecular formula is C28H26N8O6. The summed E-state index contributed by atoms with van der Waals surface area (Å²) >= 11 is 0. The van der Waals surface area contributed by atoms with E-state index in [9.17, 15) is 14.9 Å². The summed E-state index contributed by atoms with van der Waals surface area (Å²) in [6, 6.07) is 19.5. The Hall–Kier alpha value is -5.63. The smallest absolute Gasteiger partial charge is 0.343 e. The Balaban J connectivity index is 1.29. The van der Waals surface area contributed by atoms with Crippen molar-refractivity contribution < 1.29 is 23.9 Å². The Bertz CT molecular complexity index is 1580. The van der Waals surface area contributed by atoms with Crippen molar-refractivity contribution in [2.75, 3.05) is 49.1 Å². The van der Waals surface area contributed by atoms with E-state index in [0.29, 0.717) is 49.5 Å². The first-order valence-corrected chi connectivity index (χ1v) is 12.8. The second-order valence-corrected chi connectivity index (χ2v) is 8.85. The van der Waals surface area contributed by atoms with Crippen LogP contribution in [0.25, 0.3) is 0 Å². The first-order valence-electron chi connectivity index (χ1n) is 12.8. The van der Waals surface area contributed by atoms with Crippen molar-refractivity contribution in [3.05, 3.63) is 94.0 Å². The molecule has 2 heterocycles. The van der Waals surface area contributed by atoms with Crippen molar-refractivity contribution in [2.24, 2.45) is 5.10 Å². The van der Waals surface area contributed by atoms with E-state index in [1.54, 1.807) is 18.2 Å². The first-order chi connectivity index (χ1) is 20.5. The molecule has 14 heteroatoms. The van der Waals surface area contributed by atoms with Gasteiger partial charge in [-0.25, -0.2) is 10.2 Å². The van der Waals surface area contributed by atoms with Crippen LogP contribution in [0.4, 0.5) is 29.2 Å². The highest BCUT2D eigenvalue weighted by atomic mass is 16.6. The average Bonchev–Trinajstić information content (AvgIpc) is 3.02. The number of ether oxygens (including phenoxy) is 3. The van der Waals surface area contributed by atoms with Gasteiger partial charge in [-0.15, -0.1) is 0 Å². The molecule has 2 N–H and O–H groups in total. The van der Waals surface area contributed by atoms with Crippen LogP contribution in [-0.2, 0) is 4.74 Å². The number of esters is 1. The number of nitro benzene ring substituents is 1. The largest absolute Gasteiger partial charge is 0.493 e. The van der Waals surface area contributed by atoms with Gasteiger partial charge in [0.25, 0.3) is 5.69 Å². The molecule has 0 unspecified atom stereocenters. The number of hydrazone groups is 1. The van der Waals surface area contributed by atoms with Gasteiger partial charge < -0.3 is 24.4 Å². The fourth-order valence-corrected chi connectivity index (χ4v) is 3.92. The number of methoxy groups -OCH3 is 1. The number of morpholine rings is 1. The zero-order valence-corrected chi connectivity index (χ0v) is 22.5. The molecule has 0 atom stereocenters. The summed E-state index contributed by atoms with van der Waals surface area (Å²) < 4.78 is 16.3. The number of hydrogen-bond donors (Lipinski definition) is 2. The molecule has 0 aliphatic carbocycles. The molecule has 42 heavy (non-hydrogen) atoms. The number of nitrogens with zero attached hydrogens (tertiary/aromatic N) is 6. The fraction of sp³-hybridized carbons (Fsp3) is 0.179. The third kappa shape index (κ3) is 7.11. The SMILES string of the molecule is COc1cc(/C=N\Nc2nc(Nc3ccccc3)nc(N3CCOCC3)n2)ccc1OC(=O)c1ccc([N+](=O)[O-])cc1. The lowest BCUT2D eigenvalue weighted by atomic mass is 10.2. The van der Waals surface area contributed by atoms with Crippen molar-refractivity contribution in [2.45, 2.75) is 0 Å². The molecule has 0 amide bonds. The van der Waals surface area contributed by atoms with Gasteiger partial charge >= 0.3 is 5.97 Å². The molecule has 0 bridgehead atoms. The number of nitrogens with one attached hydrogen (secondary N) is 2. The monoisotopic (exact) mass is 570 g/mol. The Kier molecular flexibility index (Phi) is 8.74. The van der Waals surface area contributed by atoms with Crippen molar-refractivity contribution in [3.63, 3.8) is 0 Å². The van der Waals surface area contributed by atoms with E-state index in [-0.39, 0.29) is 22.9 Å². The van der Waals surface area contributed by atoms with Crippen LogP contribution in [0.15, 0.2) is 77.9 Å². The second kappa shape index (κ2) is 13.1. The summed E-state index contributed by atoms with van der Waals surface area (Å²) in [4.78, 5) is 38.4. The van der Waals surface area contributed by atoms with Gasteiger partial charge in [-0.3, -0.25) is 10.1 Å². The van der Waals surface area contributed by atoms with E-state index in [1.807, 2.05) is 35.2 Å². The number of benzene rings is 3. The summed E-state index contributed by atoms with van der Waals surface area (Å²) in [6.45, 7) is 2.46. The maximum absolute atomic E-state index is 12.5. The molecule has 0 radical (unpaired) electrons. The van der Waals surface area contributed by atoms with Gasteiger partial charge in [-0.05, 0) is 48.0 Å². The standard InChI is InChI=1S/C28H26N8O6/c1-40-24-17-19(7-12-23(24)42-25(37)20-8-10-22(11-9-20)36(38)39)18-29-34-27-31-26(30-21-5-3-2-4-6-21)32-28(33-27)35-13-15-41-16-14-35/h2-12,17-18H,13-16H2,1H3,(H2,30,31,32,33,34)/b29-18-. The van der Waals surface area contributed by atoms with E-state index < -0.39 is 10.9 Å². The molecule has 214 valence electrons. The number of carbonyl (C=O) groups excluding carboxylic acids is 1. The lowest BCUT2D eigenvalue weighted by molar-refractivity contribution is -0.384. The molecule has 14 nitrogen and oxygen atoms in total. The highest BCUT2D eigenvalue weighted by molar-refractivity contribution is 5.92. The lowest BCUT2D eigenvalue weighted by Gasteiger charge is -2.27. The molecule has 5 rings (SSSR count). The Morgan fingerprint density at radius 1 is 1.00 bits per heavy atom. The minimum Gasteiger partial charge on any atom is -0.493 e. The zero-order valence-electron chi connectivity index (χ0n) is 22.5. The van der Waals surface area contributed by atoms with Crippen molar-refractivity contribution in [1.82, 2.24) is 15.0 Å². The quantitative estimate of drug-likeness (QED) is 0.0925. The van der Waals surface area contributed by atoms with Crippen molar-refractivity contribution in [1.29, 1.82) is 0 Å². The average molecular weight is 571 g/mol. The molecule has 4 aromatic rings. The number of hydrogen-bond acceptors (Lipinski definition) is 13. The summed E-state index contributed by atoms with van der Waals surface area (Å²) in [7, 11) is 1.44. The molecule has 1 aromatic heterocycles. The Labute approximate surface area is 240 Å². The molecule has 1 saturated heterocycles. The number of non-ortho nitro benzene ring substituents is 1. The van der Waals surface area contributed by atoms with Gasteiger partial charge in [0, 0.05) is 30.9 Å².